The molecule has 0 saturated heterocycles. The van der Waals surface area contributed by atoms with E-state index < -0.39 is 15.0 Å². The van der Waals surface area contributed by atoms with E-state index in [1.165, 1.54) is 11.8 Å². The number of hydrogen-bond donors (Lipinski definition) is 1. The summed E-state index contributed by atoms with van der Waals surface area (Å²) in [5.41, 5.74) is 0.106. The third-order valence-electron chi connectivity index (χ3n) is 2.73. The van der Waals surface area contributed by atoms with Gasteiger partial charge in [0.15, 0.2) is 5.69 Å². The predicted octanol–water partition coefficient (Wildman–Crippen LogP) is 1.76. The van der Waals surface area contributed by atoms with Crippen molar-refractivity contribution in [2.45, 2.75) is 32.1 Å². The van der Waals surface area contributed by atoms with Crippen molar-refractivity contribution in [3.8, 4) is 0 Å². The number of aromatic amines is 1. The third kappa shape index (κ3) is 3.94. The molecule has 0 aromatic carbocycles. The van der Waals surface area contributed by atoms with Crippen LogP contribution in [0, 0.1) is 12.8 Å². The molecule has 1 heterocycles. The predicted molar refractivity (Wildman–Crippen MR) is 72.8 cm³/mol. The van der Waals surface area contributed by atoms with Crippen LogP contribution in [0.5, 0.6) is 0 Å². The minimum atomic E-state index is -4.00. The highest BCUT2D eigenvalue weighted by molar-refractivity contribution is 8.13. The van der Waals surface area contributed by atoms with Crippen molar-refractivity contribution in [3.63, 3.8) is 0 Å². The standard InChI is InChI=1S/C11H18ClN3O3S/c1-7(2)5-6-15(4)11(16)9-10(19(12,17)18)8(3)13-14-9/h7H,5-6H2,1-4H3,(H,13,14). The van der Waals surface area contributed by atoms with E-state index in [0.717, 1.165) is 6.42 Å². The molecule has 0 unspecified atom stereocenters. The van der Waals surface area contributed by atoms with E-state index >= 15 is 0 Å². The number of H-pyrrole nitrogens is 1. The van der Waals surface area contributed by atoms with Crippen LogP contribution in [-0.4, -0.2) is 43.0 Å². The average Bonchev–Trinajstić information content (AvgIpc) is 2.66. The van der Waals surface area contributed by atoms with Crippen LogP contribution in [0.4, 0.5) is 0 Å². The Morgan fingerprint density at radius 2 is 2.05 bits per heavy atom. The minimum absolute atomic E-state index is 0.154. The Kier molecular flexibility index (Phi) is 4.98. The van der Waals surface area contributed by atoms with Crippen molar-refractivity contribution in [1.82, 2.24) is 15.1 Å². The Morgan fingerprint density at radius 1 is 1.47 bits per heavy atom. The number of hydrogen-bond acceptors (Lipinski definition) is 4. The molecule has 1 aromatic heterocycles. The van der Waals surface area contributed by atoms with Gasteiger partial charge in [0.1, 0.15) is 4.90 Å². The third-order valence-corrected chi connectivity index (χ3v) is 4.18. The second-order valence-corrected chi connectivity index (χ2v) is 7.38. The molecule has 0 saturated carbocycles. The second-order valence-electron chi connectivity index (χ2n) is 4.87. The zero-order valence-electron chi connectivity index (χ0n) is 11.4. The number of rotatable bonds is 5. The van der Waals surface area contributed by atoms with Gasteiger partial charge in [0.25, 0.3) is 15.0 Å². The lowest BCUT2D eigenvalue weighted by Crippen LogP contribution is -2.29. The molecule has 1 rings (SSSR count). The van der Waals surface area contributed by atoms with Crippen molar-refractivity contribution in [2.24, 2.45) is 5.92 Å². The van der Waals surface area contributed by atoms with E-state index in [-0.39, 0.29) is 16.3 Å². The molecular formula is C11H18ClN3O3S. The Labute approximate surface area is 117 Å². The molecule has 0 radical (unpaired) electrons. The van der Waals surface area contributed by atoms with Gasteiger partial charge in [-0.25, -0.2) is 8.42 Å². The first kappa shape index (κ1) is 16.0. The van der Waals surface area contributed by atoms with E-state index in [4.69, 9.17) is 10.7 Å². The van der Waals surface area contributed by atoms with E-state index in [0.29, 0.717) is 12.5 Å². The van der Waals surface area contributed by atoms with Gasteiger partial charge in [-0.15, -0.1) is 0 Å². The van der Waals surface area contributed by atoms with Gasteiger partial charge in [-0.05, 0) is 19.3 Å². The quantitative estimate of drug-likeness (QED) is 0.840. The normalized spacial score (nSPS) is 11.9. The summed E-state index contributed by atoms with van der Waals surface area (Å²) in [6.07, 6.45) is 0.828. The minimum Gasteiger partial charge on any atom is -0.340 e. The summed E-state index contributed by atoms with van der Waals surface area (Å²) in [6, 6.07) is 0. The van der Waals surface area contributed by atoms with Crippen molar-refractivity contribution in [2.75, 3.05) is 13.6 Å². The maximum Gasteiger partial charge on any atom is 0.275 e. The molecule has 0 spiro atoms. The fraction of sp³-hybridized carbons (Fsp3) is 0.636. The lowest BCUT2D eigenvalue weighted by atomic mass is 10.1. The van der Waals surface area contributed by atoms with Gasteiger partial charge < -0.3 is 4.90 Å². The maximum atomic E-state index is 12.2. The zero-order chi connectivity index (χ0) is 14.8. The van der Waals surface area contributed by atoms with E-state index in [1.54, 1.807) is 7.05 Å². The zero-order valence-corrected chi connectivity index (χ0v) is 13.0. The molecule has 1 N–H and O–H groups in total. The highest BCUT2D eigenvalue weighted by Crippen LogP contribution is 2.22. The van der Waals surface area contributed by atoms with E-state index in [1.807, 2.05) is 13.8 Å². The topological polar surface area (TPSA) is 83.1 Å². The molecule has 19 heavy (non-hydrogen) atoms. The fourth-order valence-corrected chi connectivity index (χ4v) is 2.94. The van der Waals surface area contributed by atoms with Gasteiger partial charge in [-0.2, -0.15) is 5.10 Å². The van der Waals surface area contributed by atoms with Crippen molar-refractivity contribution in [1.29, 1.82) is 0 Å². The fourth-order valence-electron chi connectivity index (χ4n) is 1.60. The lowest BCUT2D eigenvalue weighted by Gasteiger charge is -2.17. The summed E-state index contributed by atoms with van der Waals surface area (Å²) in [5.74, 6) is -0.00312. The number of carbonyl (C=O) groups excluding carboxylic acids is 1. The van der Waals surface area contributed by atoms with Gasteiger partial charge in [0.2, 0.25) is 0 Å². The Balaban J connectivity index is 3.01. The number of carbonyl (C=O) groups is 1. The number of nitrogens with one attached hydrogen (secondary N) is 1. The molecule has 0 bridgehead atoms. The molecular weight excluding hydrogens is 290 g/mol. The number of aromatic nitrogens is 2. The second kappa shape index (κ2) is 5.92. The highest BCUT2D eigenvalue weighted by atomic mass is 35.7. The van der Waals surface area contributed by atoms with Gasteiger partial charge in [0, 0.05) is 24.3 Å². The molecule has 0 aliphatic carbocycles. The summed E-state index contributed by atoms with van der Waals surface area (Å²) < 4.78 is 22.9. The molecule has 0 fully saturated rings. The summed E-state index contributed by atoms with van der Waals surface area (Å²) in [7, 11) is 2.94. The Bertz CT molecular complexity index is 566. The summed E-state index contributed by atoms with van der Waals surface area (Å²) >= 11 is 0. The molecule has 0 aliphatic heterocycles. The van der Waals surface area contributed by atoms with Crippen molar-refractivity contribution in [3.05, 3.63) is 11.4 Å². The SMILES string of the molecule is Cc1[nH]nc(C(=O)N(C)CCC(C)C)c1S(=O)(=O)Cl. The highest BCUT2D eigenvalue weighted by Gasteiger charge is 2.28. The smallest absolute Gasteiger partial charge is 0.275 e. The van der Waals surface area contributed by atoms with Gasteiger partial charge in [0.05, 0.1) is 5.69 Å². The molecule has 1 aromatic rings. The summed E-state index contributed by atoms with van der Waals surface area (Å²) in [4.78, 5) is 13.4. The Morgan fingerprint density at radius 3 is 2.53 bits per heavy atom. The van der Waals surface area contributed by atoms with Crippen LogP contribution >= 0.6 is 10.7 Å². The molecule has 0 aliphatic rings. The van der Waals surface area contributed by atoms with Crippen molar-refractivity contribution < 1.29 is 13.2 Å². The number of halogens is 1. The number of aryl methyl sites for hydroxylation is 1. The molecule has 6 nitrogen and oxygen atoms in total. The lowest BCUT2D eigenvalue weighted by molar-refractivity contribution is 0.0779. The van der Waals surface area contributed by atoms with Gasteiger partial charge >= 0.3 is 0 Å². The van der Waals surface area contributed by atoms with Gasteiger partial charge in [-0.1, -0.05) is 13.8 Å². The van der Waals surface area contributed by atoms with Crippen LogP contribution in [0.15, 0.2) is 4.90 Å². The molecule has 0 atom stereocenters. The van der Waals surface area contributed by atoms with Crippen LogP contribution in [0.25, 0.3) is 0 Å². The summed E-state index contributed by atoms with van der Waals surface area (Å²) in [5, 5.41) is 6.23. The number of amides is 1. The molecule has 8 heteroatoms. The number of nitrogens with zero attached hydrogens (tertiary/aromatic N) is 2. The van der Waals surface area contributed by atoms with Crippen LogP contribution in [0.3, 0.4) is 0 Å². The van der Waals surface area contributed by atoms with E-state index in [2.05, 4.69) is 10.2 Å². The average molecular weight is 308 g/mol. The van der Waals surface area contributed by atoms with Crippen molar-refractivity contribution >= 4 is 25.6 Å². The van der Waals surface area contributed by atoms with Crippen LogP contribution in [-0.2, 0) is 9.05 Å². The monoisotopic (exact) mass is 307 g/mol. The van der Waals surface area contributed by atoms with Gasteiger partial charge in [-0.3, -0.25) is 9.89 Å². The largest absolute Gasteiger partial charge is 0.340 e. The van der Waals surface area contributed by atoms with E-state index in [9.17, 15) is 13.2 Å². The Hall–Kier alpha value is -1.08. The first-order valence-electron chi connectivity index (χ1n) is 5.89. The van der Waals surface area contributed by atoms with Crippen LogP contribution in [0.1, 0.15) is 36.5 Å². The molecule has 1 amide bonds. The summed E-state index contributed by atoms with van der Waals surface area (Å²) in [6.45, 7) is 6.13. The van der Waals surface area contributed by atoms with Crippen LogP contribution in [0.2, 0.25) is 0 Å². The first-order valence-corrected chi connectivity index (χ1v) is 8.20. The van der Waals surface area contributed by atoms with Crippen LogP contribution < -0.4 is 0 Å². The molecule has 108 valence electrons. The first-order chi connectivity index (χ1) is 8.64. The maximum absolute atomic E-state index is 12.2.